The number of nitrogens with two attached hydrogens (primary N) is 2. The van der Waals surface area contributed by atoms with Gasteiger partial charge < -0.3 is 21.7 Å². The van der Waals surface area contributed by atoms with E-state index >= 15 is 0 Å². The molecule has 6 N–H and O–H groups in total. The molecule has 0 saturated carbocycles. The number of fused-ring (bicyclic) bond motifs is 1. The lowest BCUT2D eigenvalue weighted by atomic mass is 9.90. The second-order valence-electron chi connectivity index (χ2n) is 5.23. The van der Waals surface area contributed by atoms with Crippen molar-refractivity contribution >= 4 is 23.7 Å². The van der Waals surface area contributed by atoms with Crippen molar-refractivity contribution in [2.75, 3.05) is 4.90 Å². The molecule has 1 heterocycles. The summed E-state index contributed by atoms with van der Waals surface area (Å²) in [4.78, 5) is 35.4. The first-order valence-corrected chi connectivity index (χ1v) is 6.70. The number of carbonyl (C=O) groups excluding carboxylic acids is 1. The number of benzene rings is 1. The largest absolute Gasteiger partial charge is 0.481 e. The third-order valence-corrected chi connectivity index (χ3v) is 3.86. The minimum absolute atomic E-state index is 0.285. The first-order valence-electron chi connectivity index (χ1n) is 6.70. The fraction of sp³-hybridized carbons (Fsp3) is 0.357. The lowest BCUT2D eigenvalue weighted by molar-refractivity contribution is -0.144. The summed E-state index contributed by atoms with van der Waals surface area (Å²) in [5, 5.41) is 18.3. The number of primary amides is 1. The second-order valence-corrected chi connectivity index (χ2v) is 5.23. The van der Waals surface area contributed by atoms with E-state index in [0.29, 0.717) is 12.1 Å². The van der Waals surface area contributed by atoms with Gasteiger partial charge in [0.05, 0.1) is 12.0 Å². The molecular formula is C14H17N3O5. The highest BCUT2D eigenvalue weighted by Crippen LogP contribution is 2.36. The van der Waals surface area contributed by atoms with Crippen LogP contribution in [-0.4, -0.2) is 40.3 Å². The van der Waals surface area contributed by atoms with Gasteiger partial charge in [-0.2, -0.15) is 0 Å². The van der Waals surface area contributed by atoms with Crippen LogP contribution in [0.1, 0.15) is 12.0 Å². The Morgan fingerprint density at radius 2 is 1.86 bits per heavy atom. The Morgan fingerprint density at radius 3 is 2.41 bits per heavy atom. The second kappa shape index (κ2) is 6.02. The SMILES string of the molecule is NC(=O)N1c2ccccc2CC1C(C[C@H](N)C(=O)O)C(=O)O. The molecule has 8 heteroatoms. The Kier molecular flexibility index (Phi) is 4.32. The van der Waals surface area contributed by atoms with E-state index in [-0.39, 0.29) is 6.42 Å². The molecule has 1 aliphatic rings. The molecule has 2 unspecified atom stereocenters. The van der Waals surface area contributed by atoms with E-state index in [9.17, 15) is 19.5 Å². The van der Waals surface area contributed by atoms with Crippen molar-refractivity contribution in [2.24, 2.45) is 17.4 Å². The van der Waals surface area contributed by atoms with Gasteiger partial charge in [-0.05, 0) is 24.5 Å². The number of hydrogen-bond donors (Lipinski definition) is 4. The number of hydrogen-bond acceptors (Lipinski definition) is 4. The van der Waals surface area contributed by atoms with Crippen LogP contribution >= 0.6 is 0 Å². The summed E-state index contributed by atoms with van der Waals surface area (Å²) in [6.45, 7) is 0. The maximum atomic E-state index is 11.7. The number of urea groups is 1. The van der Waals surface area contributed by atoms with E-state index in [1.807, 2.05) is 0 Å². The van der Waals surface area contributed by atoms with Crippen molar-refractivity contribution < 1.29 is 24.6 Å². The lowest BCUT2D eigenvalue weighted by Gasteiger charge is -2.29. The van der Waals surface area contributed by atoms with Gasteiger partial charge in [-0.25, -0.2) is 4.79 Å². The van der Waals surface area contributed by atoms with Crippen molar-refractivity contribution in [1.29, 1.82) is 0 Å². The number of amides is 2. The fourth-order valence-corrected chi connectivity index (χ4v) is 2.81. The first-order chi connectivity index (χ1) is 10.3. The molecule has 0 saturated heterocycles. The van der Waals surface area contributed by atoms with E-state index in [2.05, 4.69) is 0 Å². The van der Waals surface area contributed by atoms with Gasteiger partial charge in [-0.1, -0.05) is 18.2 Å². The first kappa shape index (κ1) is 15.8. The van der Waals surface area contributed by atoms with Crippen molar-refractivity contribution in [3.05, 3.63) is 29.8 Å². The maximum Gasteiger partial charge on any atom is 0.320 e. The third kappa shape index (κ3) is 2.86. The fourth-order valence-electron chi connectivity index (χ4n) is 2.81. The summed E-state index contributed by atoms with van der Waals surface area (Å²) >= 11 is 0. The van der Waals surface area contributed by atoms with Gasteiger partial charge in [0.2, 0.25) is 0 Å². The minimum Gasteiger partial charge on any atom is -0.481 e. The normalized spacial score (nSPS) is 19.3. The summed E-state index contributed by atoms with van der Waals surface area (Å²) < 4.78 is 0. The zero-order valence-electron chi connectivity index (χ0n) is 11.7. The van der Waals surface area contributed by atoms with Crippen LogP contribution in [0.2, 0.25) is 0 Å². The highest BCUT2D eigenvalue weighted by molar-refractivity contribution is 5.95. The summed E-state index contributed by atoms with van der Waals surface area (Å²) in [5.41, 5.74) is 12.2. The van der Waals surface area contributed by atoms with Crippen LogP contribution in [0.15, 0.2) is 24.3 Å². The highest BCUT2D eigenvalue weighted by Gasteiger charge is 2.42. The molecule has 0 spiro atoms. The predicted octanol–water partition coefficient (Wildman–Crippen LogP) is -0.000800. The number of nitrogens with zero attached hydrogens (tertiary/aromatic N) is 1. The Labute approximate surface area is 126 Å². The van der Waals surface area contributed by atoms with Gasteiger partial charge in [0.15, 0.2) is 0 Å². The molecule has 118 valence electrons. The van der Waals surface area contributed by atoms with Gasteiger partial charge in [0, 0.05) is 5.69 Å². The third-order valence-electron chi connectivity index (χ3n) is 3.86. The Hall–Kier alpha value is -2.61. The van der Waals surface area contributed by atoms with Crippen molar-refractivity contribution in [2.45, 2.75) is 24.9 Å². The van der Waals surface area contributed by atoms with Crippen LogP contribution in [-0.2, 0) is 16.0 Å². The van der Waals surface area contributed by atoms with Gasteiger partial charge in [-0.3, -0.25) is 14.5 Å². The molecule has 0 aromatic heterocycles. The number of carbonyl (C=O) groups is 3. The van der Waals surface area contributed by atoms with E-state index < -0.39 is 36.0 Å². The minimum atomic E-state index is -1.32. The Morgan fingerprint density at radius 1 is 1.23 bits per heavy atom. The lowest BCUT2D eigenvalue weighted by Crippen LogP contribution is -2.49. The van der Waals surface area contributed by atoms with Crippen LogP contribution in [0.3, 0.4) is 0 Å². The predicted molar refractivity (Wildman–Crippen MR) is 77.4 cm³/mol. The van der Waals surface area contributed by atoms with Crippen molar-refractivity contribution in [3.8, 4) is 0 Å². The molecule has 1 aromatic rings. The molecule has 8 nitrogen and oxygen atoms in total. The van der Waals surface area contributed by atoms with E-state index in [1.165, 1.54) is 4.90 Å². The van der Waals surface area contributed by atoms with Gasteiger partial charge in [-0.15, -0.1) is 0 Å². The molecule has 3 atom stereocenters. The number of aliphatic carboxylic acids is 2. The molecular weight excluding hydrogens is 290 g/mol. The topological polar surface area (TPSA) is 147 Å². The zero-order valence-corrected chi connectivity index (χ0v) is 11.7. The van der Waals surface area contributed by atoms with Crippen LogP contribution in [0.25, 0.3) is 0 Å². The number of carboxylic acids is 2. The zero-order chi connectivity index (χ0) is 16.4. The molecule has 1 aliphatic heterocycles. The summed E-state index contributed by atoms with van der Waals surface area (Å²) in [6, 6.07) is 4.11. The van der Waals surface area contributed by atoms with Crippen LogP contribution in [0.5, 0.6) is 0 Å². The number of rotatable bonds is 5. The summed E-state index contributed by atoms with van der Waals surface area (Å²) in [5.74, 6) is -3.61. The van der Waals surface area contributed by atoms with Crippen LogP contribution in [0.4, 0.5) is 10.5 Å². The van der Waals surface area contributed by atoms with Crippen LogP contribution < -0.4 is 16.4 Å². The molecule has 2 amide bonds. The van der Waals surface area contributed by atoms with Crippen LogP contribution in [0, 0.1) is 5.92 Å². The van der Waals surface area contributed by atoms with Gasteiger partial charge in [0.1, 0.15) is 6.04 Å². The quantitative estimate of drug-likeness (QED) is 0.602. The monoisotopic (exact) mass is 307 g/mol. The van der Waals surface area contributed by atoms with E-state index in [0.717, 1.165) is 5.56 Å². The van der Waals surface area contributed by atoms with Crippen molar-refractivity contribution in [3.63, 3.8) is 0 Å². The molecule has 2 rings (SSSR count). The average molecular weight is 307 g/mol. The highest BCUT2D eigenvalue weighted by atomic mass is 16.4. The molecule has 0 aliphatic carbocycles. The maximum absolute atomic E-state index is 11.7. The van der Waals surface area contributed by atoms with E-state index in [4.69, 9.17) is 16.6 Å². The Bertz CT molecular complexity index is 618. The molecule has 0 fully saturated rings. The van der Waals surface area contributed by atoms with Crippen molar-refractivity contribution in [1.82, 2.24) is 0 Å². The number of para-hydroxylation sites is 1. The molecule has 1 aromatic carbocycles. The smallest absolute Gasteiger partial charge is 0.320 e. The summed E-state index contributed by atoms with van der Waals surface area (Å²) in [6.07, 6.45) is 0.00945. The van der Waals surface area contributed by atoms with E-state index in [1.54, 1.807) is 24.3 Å². The van der Waals surface area contributed by atoms with Gasteiger partial charge >= 0.3 is 18.0 Å². The number of carboxylic acid groups (broad SMARTS) is 2. The average Bonchev–Trinajstić information content (AvgIpc) is 2.82. The Balaban J connectivity index is 2.34. The van der Waals surface area contributed by atoms with Gasteiger partial charge in [0.25, 0.3) is 0 Å². The molecule has 0 bridgehead atoms. The molecule has 0 radical (unpaired) electrons. The number of anilines is 1. The summed E-state index contributed by atoms with van der Waals surface area (Å²) in [7, 11) is 0. The molecule has 22 heavy (non-hydrogen) atoms. The standard InChI is InChI=1S/C14H17N3O5/c15-9(13(20)21)6-8(12(18)19)11-5-7-3-1-2-4-10(7)17(11)14(16)22/h1-4,8-9,11H,5-6,15H2,(H2,16,22)(H,18,19)(H,20,21)/t8?,9-,11?/m0/s1.